The lowest BCUT2D eigenvalue weighted by Crippen LogP contribution is -2.32. The first-order valence-corrected chi connectivity index (χ1v) is 10.3. The first-order valence-electron chi connectivity index (χ1n) is 8.43. The van der Waals surface area contributed by atoms with Crippen molar-refractivity contribution in [3.8, 4) is 0 Å². The van der Waals surface area contributed by atoms with E-state index in [2.05, 4.69) is 29.2 Å². The number of benzene rings is 1. The van der Waals surface area contributed by atoms with E-state index in [1.807, 2.05) is 6.07 Å². The van der Waals surface area contributed by atoms with Crippen molar-refractivity contribution >= 4 is 33.0 Å². The van der Waals surface area contributed by atoms with Gasteiger partial charge in [0, 0.05) is 12.2 Å². The van der Waals surface area contributed by atoms with Gasteiger partial charge in [0.1, 0.15) is 0 Å². The van der Waals surface area contributed by atoms with Gasteiger partial charge in [-0.15, -0.1) is 0 Å². The summed E-state index contributed by atoms with van der Waals surface area (Å²) in [6.07, 6.45) is 4.73. The number of unbranched alkanes of at least 4 members (excludes halogenated alkanes) is 1. The second-order valence-electron chi connectivity index (χ2n) is 5.94. The van der Waals surface area contributed by atoms with Gasteiger partial charge in [0.05, 0.1) is 4.90 Å². The summed E-state index contributed by atoms with van der Waals surface area (Å²) in [4.78, 5) is 0.257. The molecule has 0 radical (unpaired) electrons. The van der Waals surface area contributed by atoms with Gasteiger partial charge in [-0.2, -0.15) is 0 Å². The van der Waals surface area contributed by atoms with Gasteiger partial charge in [0.25, 0.3) is 0 Å². The van der Waals surface area contributed by atoms with Crippen LogP contribution in [0.15, 0.2) is 23.1 Å². The Bertz CT molecular complexity index is 645. The van der Waals surface area contributed by atoms with Gasteiger partial charge in [0.2, 0.25) is 10.0 Å². The average molecular weight is 372 g/mol. The Morgan fingerprint density at radius 3 is 2.58 bits per heavy atom. The van der Waals surface area contributed by atoms with Crippen LogP contribution in [0.3, 0.4) is 0 Å². The molecule has 0 aliphatic carbocycles. The molecule has 1 atom stereocenters. The Balaban J connectivity index is 2.69. The fourth-order valence-electron chi connectivity index (χ4n) is 2.43. The maximum atomic E-state index is 12.0. The molecule has 1 aromatic carbocycles. The molecule has 0 amide bonds. The van der Waals surface area contributed by atoms with E-state index in [0.29, 0.717) is 22.3 Å². The third kappa shape index (κ3) is 6.37. The van der Waals surface area contributed by atoms with Crippen molar-refractivity contribution in [2.24, 2.45) is 5.92 Å². The number of hydrogen-bond donors (Lipinski definition) is 3. The molecule has 5 nitrogen and oxygen atoms in total. The second-order valence-corrected chi connectivity index (χ2v) is 8.20. The van der Waals surface area contributed by atoms with Crippen LogP contribution in [0.1, 0.15) is 45.1 Å². The maximum absolute atomic E-state index is 12.0. The largest absolute Gasteiger partial charge is 0.362 e. The van der Waals surface area contributed by atoms with Crippen molar-refractivity contribution in [1.82, 2.24) is 10.0 Å². The average Bonchev–Trinajstić information content (AvgIpc) is 2.56. The summed E-state index contributed by atoms with van der Waals surface area (Å²) in [6, 6.07) is 5.20. The summed E-state index contributed by atoms with van der Waals surface area (Å²) in [5, 5.41) is 6.82. The minimum atomic E-state index is -3.48. The molecule has 136 valence electrons. The molecule has 0 aliphatic rings. The second kappa shape index (κ2) is 9.96. The molecule has 24 heavy (non-hydrogen) atoms. The standard InChI is InChI=1S/C17H29N3O2S2/c1-5-7-8-14(6-2)12-19-17(23)20-15-10-9-13(3)16(11-15)24(21,22)18-4/h9-11,14,18H,5-8,12H2,1-4H3,(H2,19,20,23)/t14-/m0/s1. The van der Waals surface area contributed by atoms with Gasteiger partial charge in [0.15, 0.2) is 5.11 Å². The Morgan fingerprint density at radius 1 is 1.29 bits per heavy atom. The Labute approximate surface area is 151 Å². The number of aryl methyl sites for hydroxylation is 1. The molecule has 0 aromatic heterocycles. The first-order chi connectivity index (χ1) is 11.3. The zero-order valence-corrected chi connectivity index (χ0v) is 16.6. The first kappa shape index (κ1) is 20.9. The Hall–Kier alpha value is -1.18. The quantitative estimate of drug-likeness (QED) is 0.580. The highest BCUT2D eigenvalue weighted by Crippen LogP contribution is 2.20. The van der Waals surface area contributed by atoms with Gasteiger partial charge in [-0.05, 0) is 56.2 Å². The van der Waals surface area contributed by atoms with Crippen LogP contribution in [-0.2, 0) is 10.0 Å². The van der Waals surface area contributed by atoms with Crippen LogP contribution in [0.2, 0.25) is 0 Å². The van der Waals surface area contributed by atoms with Crippen LogP contribution in [-0.4, -0.2) is 27.1 Å². The van der Waals surface area contributed by atoms with Gasteiger partial charge >= 0.3 is 0 Å². The normalized spacial score (nSPS) is 12.7. The zero-order valence-electron chi connectivity index (χ0n) is 15.0. The van der Waals surface area contributed by atoms with Gasteiger partial charge < -0.3 is 10.6 Å². The predicted octanol–water partition coefficient (Wildman–Crippen LogP) is 3.41. The van der Waals surface area contributed by atoms with Crippen LogP contribution >= 0.6 is 12.2 Å². The van der Waals surface area contributed by atoms with Crippen molar-refractivity contribution in [2.75, 3.05) is 18.9 Å². The maximum Gasteiger partial charge on any atom is 0.240 e. The van der Waals surface area contributed by atoms with Crippen molar-refractivity contribution in [1.29, 1.82) is 0 Å². The lowest BCUT2D eigenvalue weighted by atomic mass is 9.99. The van der Waals surface area contributed by atoms with E-state index >= 15 is 0 Å². The number of sulfonamides is 1. The van der Waals surface area contributed by atoms with Gasteiger partial charge in [-0.25, -0.2) is 13.1 Å². The lowest BCUT2D eigenvalue weighted by Gasteiger charge is -2.18. The lowest BCUT2D eigenvalue weighted by molar-refractivity contribution is 0.446. The summed E-state index contributed by atoms with van der Waals surface area (Å²) in [5.74, 6) is 0.600. The zero-order chi connectivity index (χ0) is 18.2. The third-order valence-electron chi connectivity index (χ3n) is 4.10. The van der Waals surface area contributed by atoms with Crippen molar-refractivity contribution in [3.63, 3.8) is 0 Å². The molecule has 0 heterocycles. The molecule has 0 spiro atoms. The van der Waals surface area contributed by atoms with E-state index in [0.717, 1.165) is 13.0 Å². The molecule has 0 unspecified atom stereocenters. The fraction of sp³-hybridized carbons (Fsp3) is 0.588. The molecule has 0 bridgehead atoms. The highest BCUT2D eigenvalue weighted by atomic mass is 32.2. The highest BCUT2D eigenvalue weighted by Gasteiger charge is 2.15. The van der Waals surface area contributed by atoms with Crippen LogP contribution in [0, 0.1) is 12.8 Å². The van der Waals surface area contributed by atoms with Gasteiger partial charge in [-0.3, -0.25) is 0 Å². The molecule has 0 saturated heterocycles. The molecule has 7 heteroatoms. The number of rotatable bonds is 9. The molecule has 0 aliphatic heterocycles. The molecular formula is C17H29N3O2S2. The van der Waals surface area contributed by atoms with E-state index in [4.69, 9.17) is 12.2 Å². The molecule has 1 aromatic rings. The third-order valence-corrected chi connectivity index (χ3v) is 5.90. The molecule has 1 rings (SSSR count). The predicted molar refractivity (Wildman–Crippen MR) is 105 cm³/mol. The Kier molecular flexibility index (Phi) is 8.66. The molecular weight excluding hydrogens is 342 g/mol. The summed E-state index contributed by atoms with van der Waals surface area (Å²) < 4.78 is 26.4. The van der Waals surface area contributed by atoms with E-state index < -0.39 is 10.0 Å². The molecule has 0 saturated carbocycles. The Morgan fingerprint density at radius 2 is 2.00 bits per heavy atom. The number of thiocarbonyl (C=S) groups is 1. The van der Waals surface area contributed by atoms with Crippen molar-refractivity contribution in [2.45, 2.75) is 51.3 Å². The summed E-state index contributed by atoms with van der Waals surface area (Å²) >= 11 is 5.33. The molecule has 0 fully saturated rings. The summed E-state index contributed by atoms with van der Waals surface area (Å²) in [6.45, 7) is 6.98. The summed E-state index contributed by atoms with van der Waals surface area (Å²) in [7, 11) is -2.08. The van der Waals surface area contributed by atoms with Crippen LogP contribution in [0.25, 0.3) is 0 Å². The van der Waals surface area contributed by atoms with E-state index in [1.54, 1.807) is 19.1 Å². The number of anilines is 1. The van der Waals surface area contributed by atoms with E-state index in [-0.39, 0.29) is 4.90 Å². The SMILES string of the molecule is CCCC[C@H](CC)CNC(=S)Nc1ccc(C)c(S(=O)(=O)NC)c1. The number of hydrogen-bond acceptors (Lipinski definition) is 3. The van der Waals surface area contributed by atoms with Gasteiger partial charge in [-0.1, -0.05) is 39.2 Å². The van der Waals surface area contributed by atoms with Crippen LogP contribution < -0.4 is 15.4 Å². The highest BCUT2D eigenvalue weighted by molar-refractivity contribution is 7.89. The van der Waals surface area contributed by atoms with E-state index in [9.17, 15) is 8.42 Å². The topological polar surface area (TPSA) is 70.2 Å². The van der Waals surface area contributed by atoms with Crippen LogP contribution in [0.5, 0.6) is 0 Å². The smallest absolute Gasteiger partial charge is 0.240 e. The monoisotopic (exact) mass is 371 g/mol. The minimum Gasteiger partial charge on any atom is -0.362 e. The van der Waals surface area contributed by atoms with Crippen LogP contribution in [0.4, 0.5) is 5.69 Å². The number of nitrogens with one attached hydrogen (secondary N) is 3. The van der Waals surface area contributed by atoms with Crippen molar-refractivity contribution < 1.29 is 8.42 Å². The van der Waals surface area contributed by atoms with Crippen molar-refractivity contribution in [3.05, 3.63) is 23.8 Å². The summed E-state index contributed by atoms with van der Waals surface area (Å²) in [5.41, 5.74) is 1.35. The van der Waals surface area contributed by atoms with E-state index in [1.165, 1.54) is 26.3 Å². The fourth-order valence-corrected chi connectivity index (χ4v) is 3.63. The minimum absolute atomic E-state index is 0.257. The molecule has 3 N–H and O–H groups in total.